The summed E-state index contributed by atoms with van der Waals surface area (Å²) in [5.41, 5.74) is 0.240. The molecule has 24 heavy (non-hydrogen) atoms. The smallest absolute Gasteiger partial charge is 0.289 e. The summed E-state index contributed by atoms with van der Waals surface area (Å²) in [6.45, 7) is 8.69. The molecule has 2 aromatic rings. The van der Waals surface area contributed by atoms with Crippen molar-refractivity contribution in [3.05, 3.63) is 35.5 Å². The minimum Gasteiger partial charge on any atom is -0.459 e. The van der Waals surface area contributed by atoms with E-state index < -0.39 is 5.60 Å². The number of nitrogens with zero attached hydrogens (tertiary/aromatic N) is 4. The lowest BCUT2D eigenvalue weighted by atomic mass is 10.00. The topological polar surface area (TPSA) is 84.4 Å². The van der Waals surface area contributed by atoms with Gasteiger partial charge >= 0.3 is 0 Å². The highest BCUT2D eigenvalue weighted by molar-refractivity contribution is 5.93. The monoisotopic (exact) mass is 332 g/mol. The number of carbonyl (C=O) groups is 1. The van der Waals surface area contributed by atoms with Crippen molar-refractivity contribution in [3.8, 4) is 0 Å². The van der Waals surface area contributed by atoms with Crippen molar-refractivity contribution in [1.82, 2.24) is 19.9 Å². The fourth-order valence-corrected chi connectivity index (χ4v) is 3.01. The third-order valence-corrected chi connectivity index (χ3v) is 4.56. The van der Waals surface area contributed by atoms with Crippen molar-refractivity contribution >= 4 is 5.91 Å². The van der Waals surface area contributed by atoms with Gasteiger partial charge in [0.25, 0.3) is 5.91 Å². The molecule has 3 heterocycles. The molecular weight excluding hydrogens is 308 g/mol. The van der Waals surface area contributed by atoms with Crippen LogP contribution in [0, 0.1) is 0 Å². The van der Waals surface area contributed by atoms with Gasteiger partial charge in [-0.2, -0.15) is 0 Å². The number of hydrogen-bond donors (Lipinski definition) is 1. The van der Waals surface area contributed by atoms with E-state index in [1.54, 1.807) is 22.0 Å². The highest BCUT2D eigenvalue weighted by Gasteiger charge is 2.43. The number of amides is 1. The Labute approximate surface area is 141 Å². The summed E-state index contributed by atoms with van der Waals surface area (Å²) < 4.78 is 7.11. The van der Waals surface area contributed by atoms with Crippen LogP contribution in [0.3, 0.4) is 0 Å². The maximum absolute atomic E-state index is 12.7. The van der Waals surface area contributed by atoms with Gasteiger partial charge in [-0.15, -0.1) is 5.10 Å². The Balaban J connectivity index is 1.78. The van der Waals surface area contributed by atoms with E-state index in [0.29, 0.717) is 24.4 Å². The van der Waals surface area contributed by atoms with E-state index in [0.717, 1.165) is 5.56 Å². The van der Waals surface area contributed by atoms with E-state index in [1.807, 2.05) is 33.8 Å². The second kappa shape index (κ2) is 6.05. The molecule has 3 rings (SSSR count). The summed E-state index contributed by atoms with van der Waals surface area (Å²) in [7, 11) is 0. The maximum atomic E-state index is 12.7. The molecule has 0 aliphatic carbocycles. The van der Waals surface area contributed by atoms with Crippen molar-refractivity contribution in [3.63, 3.8) is 0 Å². The van der Waals surface area contributed by atoms with Gasteiger partial charge in [0.05, 0.1) is 19.0 Å². The van der Waals surface area contributed by atoms with Crippen LogP contribution in [0.15, 0.2) is 22.9 Å². The third-order valence-electron chi connectivity index (χ3n) is 4.56. The van der Waals surface area contributed by atoms with Crippen molar-refractivity contribution < 1.29 is 14.3 Å². The molecule has 1 aliphatic rings. The number of hydrogen-bond acceptors (Lipinski definition) is 5. The standard InChI is InChI=1S/C17H24N4O3/c1-11(2)13-5-8-24-15(13)16(22)20-7-6-17(23,10-20)14-9-21(12(3)4)19-18-14/h5,8-9,11-12,23H,6-7,10H2,1-4H3. The summed E-state index contributed by atoms with van der Waals surface area (Å²) in [6, 6.07) is 2.00. The Bertz CT molecular complexity index is 734. The Morgan fingerprint density at radius 3 is 2.75 bits per heavy atom. The Hall–Kier alpha value is -2.15. The SMILES string of the molecule is CC(C)c1ccoc1C(=O)N1CCC(O)(c2cn(C(C)C)nn2)C1. The molecule has 1 saturated heterocycles. The lowest BCUT2D eigenvalue weighted by Crippen LogP contribution is -2.35. The first-order valence-corrected chi connectivity index (χ1v) is 8.33. The molecule has 1 unspecified atom stereocenters. The number of aromatic nitrogens is 3. The molecular formula is C17H24N4O3. The summed E-state index contributed by atoms with van der Waals surface area (Å²) in [5.74, 6) is 0.381. The maximum Gasteiger partial charge on any atom is 0.289 e. The van der Waals surface area contributed by atoms with Crippen molar-refractivity contribution in [2.45, 2.75) is 51.7 Å². The Morgan fingerprint density at radius 2 is 2.12 bits per heavy atom. The molecule has 1 N–H and O–H groups in total. The summed E-state index contributed by atoms with van der Waals surface area (Å²) in [6.07, 6.45) is 3.73. The molecule has 0 bridgehead atoms. The fraction of sp³-hybridized carbons (Fsp3) is 0.588. The molecule has 2 aromatic heterocycles. The predicted octanol–water partition coefficient (Wildman–Crippen LogP) is 2.31. The molecule has 130 valence electrons. The van der Waals surface area contributed by atoms with Gasteiger partial charge in [0.2, 0.25) is 0 Å². The average Bonchev–Trinajstić information content (AvgIpc) is 3.25. The first-order chi connectivity index (χ1) is 11.3. The van der Waals surface area contributed by atoms with Gasteiger partial charge in [0, 0.05) is 24.6 Å². The van der Waals surface area contributed by atoms with E-state index in [9.17, 15) is 9.90 Å². The highest BCUT2D eigenvalue weighted by atomic mass is 16.3. The van der Waals surface area contributed by atoms with Gasteiger partial charge in [-0.1, -0.05) is 19.1 Å². The zero-order valence-electron chi connectivity index (χ0n) is 14.6. The zero-order valence-corrected chi connectivity index (χ0v) is 14.6. The van der Waals surface area contributed by atoms with E-state index >= 15 is 0 Å². The minimum atomic E-state index is -1.16. The van der Waals surface area contributed by atoms with Crippen LogP contribution in [-0.4, -0.2) is 44.0 Å². The number of carbonyl (C=O) groups excluding carboxylic acids is 1. The van der Waals surface area contributed by atoms with E-state index in [-0.39, 0.29) is 24.4 Å². The van der Waals surface area contributed by atoms with E-state index in [2.05, 4.69) is 10.3 Å². The zero-order chi connectivity index (χ0) is 17.5. The van der Waals surface area contributed by atoms with Crippen molar-refractivity contribution in [1.29, 1.82) is 0 Å². The van der Waals surface area contributed by atoms with E-state index in [1.165, 1.54) is 0 Å². The molecule has 0 saturated carbocycles. The molecule has 1 atom stereocenters. The van der Waals surface area contributed by atoms with Gasteiger partial charge in [-0.3, -0.25) is 4.79 Å². The molecule has 7 nitrogen and oxygen atoms in total. The van der Waals surface area contributed by atoms with Crippen LogP contribution in [0.5, 0.6) is 0 Å². The summed E-state index contributed by atoms with van der Waals surface area (Å²) in [5, 5.41) is 19.1. The summed E-state index contributed by atoms with van der Waals surface area (Å²) >= 11 is 0. The molecule has 7 heteroatoms. The van der Waals surface area contributed by atoms with Gasteiger partial charge in [0.1, 0.15) is 11.3 Å². The van der Waals surface area contributed by atoms with Gasteiger partial charge < -0.3 is 14.4 Å². The van der Waals surface area contributed by atoms with Crippen LogP contribution in [0.4, 0.5) is 0 Å². The first-order valence-electron chi connectivity index (χ1n) is 8.33. The molecule has 1 amide bonds. The molecule has 0 aromatic carbocycles. The van der Waals surface area contributed by atoms with Crippen LogP contribution in [0.1, 0.15) is 67.9 Å². The molecule has 1 aliphatic heterocycles. The molecule has 0 spiro atoms. The van der Waals surface area contributed by atoms with Crippen molar-refractivity contribution in [2.24, 2.45) is 0 Å². The quantitative estimate of drug-likeness (QED) is 0.929. The number of aliphatic hydroxyl groups is 1. The predicted molar refractivity (Wildman–Crippen MR) is 87.6 cm³/mol. The van der Waals surface area contributed by atoms with Crippen LogP contribution in [-0.2, 0) is 5.60 Å². The third kappa shape index (κ3) is 2.84. The molecule has 1 fully saturated rings. The van der Waals surface area contributed by atoms with Crippen molar-refractivity contribution in [2.75, 3.05) is 13.1 Å². The number of likely N-dealkylation sites (tertiary alicyclic amines) is 1. The van der Waals surface area contributed by atoms with Gasteiger partial charge in [-0.05, 0) is 25.8 Å². The lowest BCUT2D eigenvalue weighted by molar-refractivity contribution is 0.0372. The number of furan rings is 1. The second-order valence-electron chi connectivity index (χ2n) is 7.05. The van der Waals surface area contributed by atoms with Gasteiger partial charge in [-0.25, -0.2) is 4.68 Å². The van der Waals surface area contributed by atoms with Crippen LogP contribution in [0.25, 0.3) is 0 Å². The second-order valence-corrected chi connectivity index (χ2v) is 7.05. The first kappa shape index (κ1) is 16.7. The fourth-order valence-electron chi connectivity index (χ4n) is 3.01. The van der Waals surface area contributed by atoms with Crippen LogP contribution in [0.2, 0.25) is 0 Å². The minimum absolute atomic E-state index is 0.172. The lowest BCUT2D eigenvalue weighted by Gasteiger charge is -2.21. The normalized spacial score (nSPS) is 21.2. The highest BCUT2D eigenvalue weighted by Crippen LogP contribution is 2.32. The van der Waals surface area contributed by atoms with Crippen LogP contribution >= 0.6 is 0 Å². The molecule has 0 radical (unpaired) electrons. The Morgan fingerprint density at radius 1 is 1.38 bits per heavy atom. The number of β-amino-alcohol motifs (C(OH)–C–C–N with tert-alkyl or cyclic N) is 1. The average molecular weight is 332 g/mol. The largest absolute Gasteiger partial charge is 0.459 e. The number of rotatable bonds is 4. The van der Waals surface area contributed by atoms with Crippen LogP contribution < -0.4 is 0 Å². The van der Waals surface area contributed by atoms with E-state index in [4.69, 9.17) is 4.42 Å². The summed E-state index contributed by atoms with van der Waals surface area (Å²) in [4.78, 5) is 14.4. The Kier molecular flexibility index (Phi) is 4.21. The van der Waals surface area contributed by atoms with Gasteiger partial charge in [0.15, 0.2) is 5.76 Å².